The lowest BCUT2D eigenvalue weighted by Crippen LogP contribution is -2.04. The highest BCUT2D eigenvalue weighted by molar-refractivity contribution is 5.31. The summed E-state index contributed by atoms with van der Waals surface area (Å²) in [5.74, 6) is 1.70. The zero-order valence-electron chi connectivity index (χ0n) is 13.0. The fourth-order valence-corrected chi connectivity index (χ4v) is 2.22. The van der Waals surface area contributed by atoms with E-state index in [9.17, 15) is 0 Å². The molecule has 1 heterocycles. The maximum Gasteiger partial charge on any atom is 0.120 e. The molecule has 0 bridgehead atoms. The van der Waals surface area contributed by atoms with Crippen molar-refractivity contribution in [2.24, 2.45) is 0 Å². The van der Waals surface area contributed by atoms with Gasteiger partial charge in [0.05, 0.1) is 6.61 Å². The summed E-state index contributed by atoms with van der Waals surface area (Å²) in [6.07, 6.45) is 4.67. The molecule has 0 radical (unpaired) electrons. The Morgan fingerprint density at radius 3 is 2.26 bits per heavy atom. The van der Waals surface area contributed by atoms with Gasteiger partial charge in [-0.05, 0) is 35.9 Å². The summed E-state index contributed by atoms with van der Waals surface area (Å²) in [6, 6.07) is 19.8. The molecule has 0 aliphatic carbocycles. The lowest BCUT2D eigenvalue weighted by Gasteiger charge is -2.09. The summed E-state index contributed by atoms with van der Waals surface area (Å²) >= 11 is 0. The van der Waals surface area contributed by atoms with Crippen molar-refractivity contribution in [3.63, 3.8) is 0 Å². The van der Waals surface area contributed by atoms with Gasteiger partial charge in [-0.25, -0.2) is 0 Å². The van der Waals surface area contributed by atoms with Crippen LogP contribution in [-0.4, -0.2) is 16.4 Å². The largest absolute Gasteiger partial charge is 0.494 e. The standard InChI is InChI=1S/C19H20N2O2/c1-2-6-17(7-3-1)16-23-19-10-8-18(9-11-19)22-15-5-14-21-13-4-12-20-21/h1-4,6-13H,5,14-16H2. The Labute approximate surface area is 136 Å². The van der Waals surface area contributed by atoms with E-state index in [1.54, 1.807) is 6.20 Å². The maximum atomic E-state index is 5.75. The van der Waals surface area contributed by atoms with Crippen LogP contribution in [0.3, 0.4) is 0 Å². The van der Waals surface area contributed by atoms with E-state index in [1.165, 1.54) is 0 Å². The second kappa shape index (κ2) is 8.03. The molecule has 0 unspecified atom stereocenters. The summed E-state index contributed by atoms with van der Waals surface area (Å²) in [7, 11) is 0. The van der Waals surface area contributed by atoms with Crippen LogP contribution in [0.2, 0.25) is 0 Å². The number of benzene rings is 2. The molecule has 0 N–H and O–H groups in total. The minimum atomic E-state index is 0.574. The van der Waals surface area contributed by atoms with E-state index in [-0.39, 0.29) is 0 Å². The molecule has 4 nitrogen and oxygen atoms in total. The molecule has 23 heavy (non-hydrogen) atoms. The highest BCUT2D eigenvalue weighted by Gasteiger charge is 1.98. The van der Waals surface area contributed by atoms with E-state index < -0.39 is 0 Å². The van der Waals surface area contributed by atoms with Gasteiger partial charge < -0.3 is 9.47 Å². The zero-order chi connectivity index (χ0) is 15.7. The van der Waals surface area contributed by atoms with E-state index in [1.807, 2.05) is 59.4 Å². The average molecular weight is 308 g/mol. The summed E-state index contributed by atoms with van der Waals surface area (Å²) in [4.78, 5) is 0. The molecule has 4 heteroatoms. The third-order valence-corrected chi connectivity index (χ3v) is 3.43. The molecule has 0 saturated carbocycles. The van der Waals surface area contributed by atoms with Crippen LogP contribution in [0, 0.1) is 0 Å². The fraction of sp³-hybridized carbons (Fsp3) is 0.211. The molecule has 0 atom stereocenters. The third kappa shape index (κ3) is 4.88. The normalized spacial score (nSPS) is 10.4. The van der Waals surface area contributed by atoms with Crippen LogP contribution in [0.1, 0.15) is 12.0 Å². The van der Waals surface area contributed by atoms with Gasteiger partial charge in [0.2, 0.25) is 0 Å². The SMILES string of the molecule is c1ccc(COc2ccc(OCCCn3cccn3)cc2)cc1. The van der Waals surface area contributed by atoms with Crippen LogP contribution in [0.15, 0.2) is 73.1 Å². The Morgan fingerprint density at radius 2 is 1.57 bits per heavy atom. The second-order valence-corrected chi connectivity index (χ2v) is 5.22. The molecule has 0 saturated heterocycles. The number of rotatable bonds is 8. The molecule has 1 aromatic heterocycles. The van der Waals surface area contributed by atoms with Gasteiger partial charge in [0.1, 0.15) is 18.1 Å². The van der Waals surface area contributed by atoms with Crippen LogP contribution in [0.4, 0.5) is 0 Å². The van der Waals surface area contributed by atoms with Gasteiger partial charge in [0, 0.05) is 25.4 Å². The van der Waals surface area contributed by atoms with Gasteiger partial charge in [-0.2, -0.15) is 5.10 Å². The van der Waals surface area contributed by atoms with Gasteiger partial charge >= 0.3 is 0 Å². The number of nitrogens with zero attached hydrogens (tertiary/aromatic N) is 2. The summed E-state index contributed by atoms with van der Waals surface area (Å²) in [5.41, 5.74) is 1.16. The molecule has 0 spiro atoms. The predicted molar refractivity (Wildman–Crippen MR) is 89.6 cm³/mol. The van der Waals surface area contributed by atoms with E-state index in [0.717, 1.165) is 30.0 Å². The Hall–Kier alpha value is -2.75. The first kappa shape index (κ1) is 15.2. The Morgan fingerprint density at radius 1 is 0.826 bits per heavy atom. The second-order valence-electron chi connectivity index (χ2n) is 5.22. The van der Waals surface area contributed by atoms with E-state index in [0.29, 0.717) is 13.2 Å². The first-order chi connectivity index (χ1) is 11.4. The predicted octanol–water partition coefficient (Wildman–Crippen LogP) is 3.93. The van der Waals surface area contributed by atoms with Gasteiger partial charge in [-0.15, -0.1) is 0 Å². The van der Waals surface area contributed by atoms with Gasteiger partial charge in [-0.1, -0.05) is 30.3 Å². The van der Waals surface area contributed by atoms with Crippen LogP contribution < -0.4 is 9.47 Å². The molecule has 0 fully saturated rings. The van der Waals surface area contributed by atoms with Gasteiger partial charge in [-0.3, -0.25) is 4.68 Å². The van der Waals surface area contributed by atoms with Gasteiger partial charge in [0.15, 0.2) is 0 Å². The lowest BCUT2D eigenvalue weighted by atomic mass is 10.2. The van der Waals surface area contributed by atoms with Crippen molar-refractivity contribution in [3.8, 4) is 11.5 Å². The number of aryl methyl sites for hydroxylation is 1. The molecule has 0 aliphatic rings. The van der Waals surface area contributed by atoms with E-state index in [2.05, 4.69) is 17.2 Å². The van der Waals surface area contributed by atoms with Crippen molar-refractivity contribution in [2.45, 2.75) is 19.6 Å². The van der Waals surface area contributed by atoms with E-state index >= 15 is 0 Å². The monoisotopic (exact) mass is 308 g/mol. The van der Waals surface area contributed by atoms with Crippen LogP contribution >= 0.6 is 0 Å². The molecule has 3 aromatic rings. The minimum absolute atomic E-state index is 0.574. The third-order valence-electron chi connectivity index (χ3n) is 3.43. The Balaban J connectivity index is 1.40. The fourth-order valence-electron chi connectivity index (χ4n) is 2.22. The molecular formula is C19H20N2O2. The molecule has 3 rings (SSSR count). The molecular weight excluding hydrogens is 288 g/mol. The van der Waals surface area contributed by atoms with Gasteiger partial charge in [0.25, 0.3) is 0 Å². The number of hydrogen-bond acceptors (Lipinski definition) is 3. The lowest BCUT2D eigenvalue weighted by molar-refractivity contribution is 0.293. The Bertz CT molecular complexity index is 679. The number of hydrogen-bond donors (Lipinski definition) is 0. The first-order valence-corrected chi connectivity index (χ1v) is 7.77. The van der Waals surface area contributed by atoms with Crippen molar-refractivity contribution >= 4 is 0 Å². The van der Waals surface area contributed by atoms with Crippen molar-refractivity contribution in [1.82, 2.24) is 9.78 Å². The summed E-state index contributed by atoms with van der Waals surface area (Å²) < 4.78 is 13.4. The number of ether oxygens (including phenoxy) is 2. The first-order valence-electron chi connectivity index (χ1n) is 7.77. The van der Waals surface area contributed by atoms with E-state index in [4.69, 9.17) is 9.47 Å². The van der Waals surface area contributed by atoms with Crippen molar-refractivity contribution in [2.75, 3.05) is 6.61 Å². The maximum absolute atomic E-state index is 5.75. The highest BCUT2D eigenvalue weighted by atomic mass is 16.5. The van der Waals surface area contributed by atoms with Crippen LogP contribution in [0.25, 0.3) is 0 Å². The van der Waals surface area contributed by atoms with Crippen molar-refractivity contribution in [1.29, 1.82) is 0 Å². The summed E-state index contributed by atoms with van der Waals surface area (Å²) in [6.45, 7) is 2.11. The van der Waals surface area contributed by atoms with Crippen molar-refractivity contribution in [3.05, 3.63) is 78.6 Å². The zero-order valence-corrected chi connectivity index (χ0v) is 13.0. The minimum Gasteiger partial charge on any atom is -0.494 e. The quantitative estimate of drug-likeness (QED) is 0.592. The molecule has 0 aliphatic heterocycles. The summed E-state index contributed by atoms with van der Waals surface area (Å²) in [5, 5.41) is 4.16. The molecule has 0 amide bonds. The van der Waals surface area contributed by atoms with Crippen LogP contribution in [-0.2, 0) is 13.2 Å². The Kier molecular flexibility index (Phi) is 5.29. The topological polar surface area (TPSA) is 36.3 Å². The average Bonchev–Trinajstić information content (AvgIpc) is 3.12. The number of aromatic nitrogens is 2. The van der Waals surface area contributed by atoms with Crippen LogP contribution in [0.5, 0.6) is 11.5 Å². The smallest absolute Gasteiger partial charge is 0.120 e. The molecule has 118 valence electrons. The molecule has 2 aromatic carbocycles. The highest BCUT2D eigenvalue weighted by Crippen LogP contribution is 2.18. The van der Waals surface area contributed by atoms with Crippen molar-refractivity contribution < 1.29 is 9.47 Å².